The fourth-order valence-electron chi connectivity index (χ4n) is 13.8. The Hall–Kier alpha value is -6.13. The third kappa shape index (κ3) is 16.9. The zero-order chi connectivity index (χ0) is 75.3. The van der Waals surface area contributed by atoms with Gasteiger partial charge in [-0.3, -0.25) is 14.4 Å². The quantitative estimate of drug-likeness (QED) is 0.166. The van der Waals surface area contributed by atoms with Gasteiger partial charge in [0.25, 0.3) is 0 Å². The number of anilines is 1. The highest BCUT2D eigenvalue weighted by Gasteiger charge is 2.31. The number of carbonyl (C=O) groups excluding carboxylic acids is 3. The van der Waals surface area contributed by atoms with Crippen LogP contribution in [0.5, 0.6) is 0 Å². The normalized spacial score (nSPS) is 20.9. The Morgan fingerprint density at radius 2 is 0.732 bits per heavy atom. The van der Waals surface area contributed by atoms with Crippen molar-refractivity contribution in [2.45, 2.75) is 106 Å². The first-order valence-electron chi connectivity index (χ1n) is 35.9. The van der Waals surface area contributed by atoms with Crippen LogP contribution < -0.4 is 10.6 Å². The molecular weight excluding hydrogens is 1420 g/mol. The molecule has 0 heterocycles. The molecule has 5 aliphatic rings. The fourth-order valence-corrected chi connectivity index (χ4v) is 15.4. The van der Waals surface area contributed by atoms with E-state index in [4.69, 9.17) is 127 Å². The van der Waals surface area contributed by atoms with Gasteiger partial charge < -0.3 is 10.6 Å². The Labute approximate surface area is 630 Å². The molecule has 2 N–H and O–H groups in total. The third-order valence-corrected chi connectivity index (χ3v) is 22.3. The number of rotatable bonds is 7. The van der Waals surface area contributed by atoms with Crippen molar-refractivity contribution in [2.75, 3.05) is 19.3 Å². The average Bonchev–Trinajstić information content (AvgIpc) is 0.749. The molecule has 0 aromatic heterocycles. The van der Waals surface area contributed by atoms with Crippen LogP contribution in [0.25, 0.3) is 0 Å². The Morgan fingerprint density at radius 1 is 0.361 bits per heavy atom. The van der Waals surface area contributed by atoms with Crippen LogP contribution in [0.2, 0.25) is 50.2 Å². The van der Waals surface area contributed by atoms with E-state index in [0.717, 1.165) is 106 Å². The summed E-state index contributed by atoms with van der Waals surface area (Å²) in [6.45, 7) is -2.19. The van der Waals surface area contributed by atoms with Crippen molar-refractivity contribution in [2.24, 2.45) is 0 Å². The zero-order valence-electron chi connectivity index (χ0n) is 60.5. The van der Waals surface area contributed by atoms with Gasteiger partial charge in [-0.25, -0.2) is 0 Å². The van der Waals surface area contributed by atoms with Gasteiger partial charge >= 0.3 is 0 Å². The zero-order valence-corrected chi connectivity index (χ0v) is 60.0. The van der Waals surface area contributed by atoms with E-state index in [0.29, 0.717) is 80.7 Å². The summed E-state index contributed by atoms with van der Waals surface area (Å²) in [5, 5.41) is 11.1. The van der Waals surface area contributed by atoms with Crippen LogP contribution in [-0.2, 0) is 6.42 Å². The molecule has 0 spiro atoms. The van der Waals surface area contributed by atoms with Crippen molar-refractivity contribution in [3.63, 3.8) is 0 Å². The monoisotopic (exact) mass is 1490 g/mol. The minimum Gasteiger partial charge on any atom is -0.388 e. The molecule has 0 bridgehead atoms. The van der Waals surface area contributed by atoms with Gasteiger partial charge in [-0.15, -0.1) is 0 Å². The number of nitrogens with one attached hydrogen (secondary N) is 2. The molecule has 97 heavy (non-hydrogen) atoms. The Morgan fingerprint density at radius 3 is 1.16 bits per heavy atom. The Kier molecular flexibility index (Phi) is 21.3. The smallest absolute Gasteiger partial charge is 0.163 e. The molecule has 0 fully saturated rings. The largest absolute Gasteiger partial charge is 0.388 e. The molecule has 496 valence electrons. The van der Waals surface area contributed by atoms with E-state index in [1.165, 1.54) is 11.1 Å². The van der Waals surface area contributed by atoms with Gasteiger partial charge in [-0.1, -0.05) is 255 Å². The number of halogens is 10. The molecule has 0 radical (unpaired) electrons. The van der Waals surface area contributed by atoms with Gasteiger partial charge in [-0.05, 0) is 192 Å². The predicted molar refractivity (Wildman–Crippen MR) is 408 cm³/mol. The van der Waals surface area contributed by atoms with Gasteiger partial charge in [-0.2, -0.15) is 0 Å². The topological polar surface area (TPSA) is 75.3 Å². The molecule has 0 amide bonds. The van der Waals surface area contributed by atoms with Gasteiger partial charge in [0.15, 0.2) is 17.3 Å². The number of ketones is 3. The van der Waals surface area contributed by atoms with Crippen molar-refractivity contribution in [1.29, 1.82) is 0 Å². The highest BCUT2D eigenvalue weighted by atomic mass is 35.5. The first kappa shape index (κ1) is 61.9. The van der Waals surface area contributed by atoms with Crippen molar-refractivity contribution in [3.8, 4) is 0 Å². The number of hydrogen-bond acceptors (Lipinski definition) is 5. The highest BCUT2D eigenvalue weighted by molar-refractivity contribution is 6.44. The summed E-state index contributed by atoms with van der Waals surface area (Å²) in [5.41, 5.74) is 14.8. The van der Waals surface area contributed by atoms with Crippen LogP contribution in [0.4, 0.5) is 5.69 Å². The molecule has 15 heteroatoms. The molecule has 6 atom stereocenters. The van der Waals surface area contributed by atoms with Gasteiger partial charge in [0, 0.05) is 88.3 Å². The van der Waals surface area contributed by atoms with Gasteiger partial charge in [0.1, 0.15) is 0 Å². The second kappa shape index (κ2) is 33.4. The first-order chi connectivity index (χ1) is 50.1. The van der Waals surface area contributed by atoms with Crippen LogP contribution in [0.1, 0.15) is 209 Å². The van der Waals surface area contributed by atoms with Crippen molar-refractivity contribution >= 4 is 139 Å². The van der Waals surface area contributed by atoms with Gasteiger partial charge in [0.2, 0.25) is 0 Å². The summed E-state index contributed by atoms with van der Waals surface area (Å²) in [6.07, 6.45) is 8.13. The minimum atomic E-state index is -2.19. The van der Waals surface area contributed by atoms with E-state index in [1.54, 1.807) is 18.2 Å². The SMILES string of the molecule is O=C1CCC(c2ccc(Cl)c(Cl)c2)c2ccccc21.O=C1CCC(c2ccc(Cl)c(Cl)c2)c2ccccc21.[2H]C([2H])([2H])Nc1cccc2c1CCCC2c1ccc(Cl)c(Cl)c1.[2H]C1(NC)CCC(c2ccc(Cl)c(Cl)c2)c2ccccc21.[2H]c1c([2H])c([2H])c2c(c1[2H])C(=O)CCC2c1ccc(Cl)c(Cl)c1. The van der Waals surface area contributed by atoms with Crippen molar-refractivity contribution in [1.82, 2.24) is 5.32 Å². The molecule has 10 aromatic carbocycles. The summed E-state index contributed by atoms with van der Waals surface area (Å²) in [4.78, 5) is 36.1. The van der Waals surface area contributed by atoms with E-state index in [9.17, 15) is 14.4 Å². The summed E-state index contributed by atoms with van der Waals surface area (Å²) in [7, 11) is 1.85. The molecule has 0 saturated carbocycles. The second-order valence-electron chi connectivity index (χ2n) is 24.2. The van der Waals surface area contributed by atoms with E-state index in [1.807, 2.05) is 159 Å². The van der Waals surface area contributed by atoms with E-state index in [2.05, 4.69) is 22.8 Å². The molecule has 15 rings (SSSR count). The molecular formula is C82H70Cl10N2O3. The first-order valence-corrected chi connectivity index (χ1v) is 35.6. The summed E-state index contributed by atoms with van der Waals surface area (Å²) >= 11 is 60.4. The summed E-state index contributed by atoms with van der Waals surface area (Å²) in [6, 6.07) is 55.9. The molecule has 5 aliphatic carbocycles. The van der Waals surface area contributed by atoms with Crippen LogP contribution in [0, 0.1) is 0 Å². The molecule has 5 nitrogen and oxygen atoms in total. The second-order valence-corrected chi connectivity index (χ2v) is 28.3. The lowest BCUT2D eigenvalue weighted by Crippen LogP contribution is -2.24. The van der Waals surface area contributed by atoms with Crippen LogP contribution in [0.15, 0.2) is 206 Å². The van der Waals surface area contributed by atoms with Crippen LogP contribution in [0.3, 0.4) is 0 Å². The lowest BCUT2D eigenvalue weighted by molar-refractivity contribution is 0.0961. The molecule has 10 aromatic rings. The van der Waals surface area contributed by atoms with Crippen LogP contribution >= 0.6 is 116 Å². The maximum absolute atomic E-state index is 12.2. The van der Waals surface area contributed by atoms with Crippen LogP contribution in [-0.4, -0.2) is 31.4 Å². The third-order valence-electron chi connectivity index (χ3n) is 18.6. The van der Waals surface area contributed by atoms with Gasteiger partial charge in [0.05, 0.1) is 57.1 Å². The number of carbonyl (C=O) groups is 3. The maximum Gasteiger partial charge on any atom is 0.163 e. The Balaban J connectivity index is 0.000000131. The van der Waals surface area contributed by atoms with Crippen molar-refractivity contribution in [3.05, 3.63) is 340 Å². The highest BCUT2D eigenvalue weighted by Crippen LogP contribution is 2.46. The predicted octanol–water partition coefficient (Wildman–Crippen LogP) is 26.0. The number of hydrogen-bond donors (Lipinski definition) is 2. The number of benzene rings is 10. The summed E-state index contributed by atoms with van der Waals surface area (Å²) < 4.78 is 62.8. The lowest BCUT2D eigenvalue weighted by atomic mass is 9.77. The molecule has 0 aliphatic heterocycles. The average molecular weight is 1490 g/mol. The number of fused-ring (bicyclic) bond motifs is 5. The van der Waals surface area contributed by atoms with E-state index < -0.39 is 13.0 Å². The number of Topliss-reactive ketones (excluding diaryl/α,β-unsaturated/α-hetero) is 3. The van der Waals surface area contributed by atoms with Crippen molar-refractivity contribution < 1.29 is 25.3 Å². The summed E-state index contributed by atoms with van der Waals surface area (Å²) in [5.74, 6) is 0.836. The standard InChI is InChI=1S/2C17H17Cl2N.3C16H12Cl2O/c1-20-17-7-3-5-13-12(4-2-6-14(13)17)11-8-9-15(18)16(19)10-11;1-20-17-9-7-12(13-4-2-3-5-14(13)17)11-6-8-15(18)16(19)10-11;3*17-14-7-5-10(9-15(14)18)11-6-8-16(19)13-4-2-1-3-12(11)13/h3,5,7-10,12,20H,2,4,6H2,1H3;2-6,8,10,12,17,20H,7,9H2,1H3;3*1-5,7,9,11H,6,8H2/i1D3;17D;1D,2D,3D,4D;;. The molecule has 0 saturated heterocycles. The Bertz CT molecular complexity index is 4850. The minimum absolute atomic E-state index is 0.0957. The molecule has 6 unspecified atom stereocenters. The van der Waals surface area contributed by atoms with E-state index >= 15 is 0 Å². The fraction of sp³-hybridized carbons (Fsp3) is 0.232. The maximum atomic E-state index is 12.2. The lowest BCUT2D eigenvalue weighted by Gasteiger charge is -2.32. The van der Waals surface area contributed by atoms with E-state index in [-0.39, 0.29) is 83.1 Å².